The second-order valence-corrected chi connectivity index (χ2v) is 9.55. The maximum Gasteiger partial charge on any atom is 0.223 e. The molecule has 0 aliphatic carbocycles. The van der Waals surface area contributed by atoms with E-state index in [0.29, 0.717) is 55.4 Å². The fraction of sp³-hybridized carbons (Fsp3) is 0.381. The van der Waals surface area contributed by atoms with E-state index in [1.807, 2.05) is 0 Å². The molecule has 1 N–H and O–H groups in total. The van der Waals surface area contributed by atoms with Crippen molar-refractivity contribution in [1.29, 1.82) is 0 Å². The summed E-state index contributed by atoms with van der Waals surface area (Å²) in [5.74, 6) is -0.218. The van der Waals surface area contributed by atoms with E-state index in [1.54, 1.807) is 24.3 Å². The van der Waals surface area contributed by atoms with Crippen molar-refractivity contribution < 1.29 is 22.3 Å². The van der Waals surface area contributed by atoms with Crippen molar-refractivity contribution in [2.45, 2.75) is 18.6 Å². The molecule has 9 heteroatoms. The number of hydrogen-bond donors (Lipinski definition) is 1. The minimum atomic E-state index is -3.50. The molecule has 1 aliphatic heterocycles. The Morgan fingerprint density at radius 1 is 1.10 bits per heavy atom. The molecule has 2 aromatic rings. The van der Waals surface area contributed by atoms with Gasteiger partial charge in [0.05, 0.1) is 12.3 Å². The van der Waals surface area contributed by atoms with Crippen molar-refractivity contribution in [2.24, 2.45) is 5.92 Å². The van der Waals surface area contributed by atoms with Crippen molar-refractivity contribution >= 4 is 27.5 Å². The predicted molar refractivity (Wildman–Crippen MR) is 113 cm³/mol. The highest BCUT2D eigenvalue weighted by molar-refractivity contribution is 7.88. The number of amides is 1. The molecule has 0 aromatic heterocycles. The van der Waals surface area contributed by atoms with Gasteiger partial charge in [0.2, 0.25) is 15.9 Å². The SMILES string of the molecule is O=C(NCCOc1ccc(Cl)cc1)C1CCN(S(=O)(=O)Cc2ccc(F)cc2)CC1. The molecular weight excluding hydrogens is 431 g/mol. The Hall–Kier alpha value is -2.16. The van der Waals surface area contributed by atoms with E-state index in [-0.39, 0.29) is 17.6 Å². The highest BCUT2D eigenvalue weighted by atomic mass is 35.5. The second kappa shape index (κ2) is 10.2. The van der Waals surface area contributed by atoms with Crippen LogP contribution in [0.25, 0.3) is 0 Å². The van der Waals surface area contributed by atoms with Crippen LogP contribution in [-0.4, -0.2) is 44.9 Å². The molecule has 1 amide bonds. The van der Waals surface area contributed by atoms with E-state index in [2.05, 4.69) is 5.32 Å². The Bertz CT molecular complexity index is 944. The van der Waals surface area contributed by atoms with Gasteiger partial charge >= 0.3 is 0 Å². The van der Waals surface area contributed by atoms with Crippen molar-refractivity contribution in [3.05, 3.63) is 64.9 Å². The van der Waals surface area contributed by atoms with Gasteiger partial charge < -0.3 is 10.1 Å². The van der Waals surface area contributed by atoms with Gasteiger partial charge in [0.25, 0.3) is 0 Å². The van der Waals surface area contributed by atoms with Gasteiger partial charge in [-0.3, -0.25) is 4.79 Å². The molecule has 3 rings (SSSR count). The first-order valence-electron chi connectivity index (χ1n) is 9.72. The number of sulfonamides is 1. The average Bonchev–Trinajstić information content (AvgIpc) is 2.74. The molecule has 2 aromatic carbocycles. The molecule has 1 fully saturated rings. The zero-order valence-corrected chi connectivity index (χ0v) is 18.0. The van der Waals surface area contributed by atoms with Crippen molar-refractivity contribution in [2.75, 3.05) is 26.2 Å². The number of halogens is 2. The van der Waals surface area contributed by atoms with Gasteiger partial charge in [-0.1, -0.05) is 23.7 Å². The third-order valence-corrected chi connectivity index (χ3v) is 7.07. The molecule has 0 unspecified atom stereocenters. The second-order valence-electron chi connectivity index (χ2n) is 7.15. The predicted octanol–water partition coefficient (Wildman–Crippen LogP) is 3.22. The molecular formula is C21H24ClFN2O4S. The molecule has 0 bridgehead atoms. The van der Waals surface area contributed by atoms with Gasteiger partial charge in [-0.05, 0) is 54.8 Å². The van der Waals surface area contributed by atoms with Crippen LogP contribution in [0.4, 0.5) is 4.39 Å². The lowest BCUT2D eigenvalue weighted by molar-refractivity contribution is -0.126. The van der Waals surface area contributed by atoms with E-state index < -0.39 is 15.8 Å². The fourth-order valence-corrected chi connectivity index (χ4v) is 4.99. The largest absolute Gasteiger partial charge is 0.492 e. The molecule has 1 aliphatic rings. The molecule has 0 atom stereocenters. The van der Waals surface area contributed by atoms with Crippen molar-refractivity contribution in [1.82, 2.24) is 9.62 Å². The number of carbonyl (C=O) groups excluding carboxylic acids is 1. The third-order valence-electron chi connectivity index (χ3n) is 4.96. The zero-order chi connectivity index (χ0) is 21.6. The van der Waals surface area contributed by atoms with Gasteiger partial charge in [-0.15, -0.1) is 0 Å². The first kappa shape index (κ1) is 22.5. The lowest BCUT2D eigenvalue weighted by Gasteiger charge is -2.30. The van der Waals surface area contributed by atoms with Gasteiger partial charge in [0, 0.05) is 24.0 Å². The Morgan fingerprint density at radius 3 is 2.37 bits per heavy atom. The molecule has 0 saturated carbocycles. The number of carbonyl (C=O) groups is 1. The fourth-order valence-electron chi connectivity index (χ4n) is 3.30. The monoisotopic (exact) mass is 454 g/mol. The summed E-state index contributed by atoms with van der Waals surface area (Å²) in [6.07, 6.45) is 0.930. The van der Waals surface area contributed by atoms with Crippen molar-refractivity contribution in [3.8, 4) is 5.75 Å². The minimum absolute atomic E-state index is 0.0923. The highest BCUT2D eigenvalue weighted by Gasteiger charge is 2.31. The van der Waals surface area contributed by atoms with E-state index in [0.717, 1.165) is 0 Å². The Kier molecular flexibility index (Phi) is 7.69. The van der Waals surface area contributed by atoms with Crippen molar-refractivity contribution in [3.63, 3.8) is 0 Å². The van der Waals surface area contributed by atoms with Crippen LogP contribution >= 0.6 is 11.6 Å². The van der Waals surface area contributed by atoms with Gasteiger partial charge in [0.15, 0.2) is 0 Å². The lowest BCUT2D eigenvalue weighted by Crippen LogP contribution is -2.43. The van der Waals surface area contributed by atoms with E-state index in [1.165, 1.54) is 28.6 Å². The van der Waals surface area contributed by atoms with Crippen LogP contribution < -0.4 is 10.1 Å². The first-order valence-corrected chi connectivity index (χ1v) is 11.7. The van der Waals surface area contributed by atoms with E-state index >= 15 is 0 Å². The summed E-state index contributed by atoms with van der Waals surface area (Å²) in [7, 11) is -3.50. The molecule has 6 nitrogen and oxygen atoms in total. The van der Waals surface area contributed by atoms with Gasteiger partial charge in [-0.2, -0.15) is 0 Å². The highest BCUT2D eigenvalue weighted by Crippen LogP contribution is 2.22. The maximum absolute atomic E-state index is 13.0. The van der Waals surface area contributed by atoms with Crippen LogP contribution in [0, 0.1) is 11.7 Å². The number of ether oxygens (including phenoxy) is 1. The standard InChI is InChI=1S/C21H24ClFN2O4S/c22-18-3-7-20(8-4-18)29-14-11-24-21(26)17-9-12-25(13-10-17)30(27,28)15-16-1-5-19(23)6-2-16/h1-8,17H,9-15H2,(H,24,26). The molecule has 0 spiro atoms. The summed E-state index contributed by atoms with van der Waals surface area (Å²) in [5, 5.41) is 3.47. The van der Waals surface area contributed by atoms with E-state index in [4.69, 9.17) is 16.3 Å². The van der Waals surface area contributed by atoms with Crippen LogP contribution in [-0.2, 0) is 20.6 Å². The number of nitrogens with one attached hydrogen (secondary N) is 1. The Balaban J connectivity index is 1.40. The maximum atomic E-state index is 13.0. The Morgan fingerprint density at radius 2 is 1.73 bits per heavy atom. The van der Waals surface area contributed by atoms with Crippen LogP contribution in [0.5, 0.6) is 5.75 Å². The summed E-state index contributed by atoms with van der Waals surface area (Å²) < 4.78 is 45.1. The lowest BCUT2D eigenvalue weighted by atomic mass is 9.97. The molecule has 1 heterocycles. The van der Waals surface area contributed by atoms with E-state index in [9.17, 15) is 17.6 Å². The summed E-state index contributed by atoms with van der Waals surface area (Å²) >= 11 is 5.82. The number of nitrogens with zero attached hydrogens (tertiary/aromatic N) is 1. The topological polar surface area (TPSA) is 75.7 Å². The quantitative estimate of drug-likeness (QED) is 0.621. The third kappa shape index (κ3) is 6.42. The Labute approximate surface area is 181 Å². The smallest absolute Gasteiger partial charge is 0.223 e. The van der Waals surface area contributed by atoms with Crippen LogP contribution in [0.15, 0.2) is 48.5 Å². The number of piperidine rings is 1. The minimum Gasteiger partial charge on any atom is -0.492 e. The summed E-state index contributed by atoms with van der Waals surface area (Å²) in [6, 6.07) is 12.4. The number of hydrogen-bond acceptors (Lipinski definition) is 4. The molecule has 0 radical (unpaired) electrons. The molecule has 162 valence electrons. The average molecular weight is 455 g/mol. The number of rotatable bonds is 8. The normalized spacial score (nSPS) is 15.7. The van der Waals surface area contributed by atoms with Gasteiger partial charge in [-0.25, -0.2) is 17.1 Å². The van der Waals surface area contributed by atoms with Crippen LogP contribution in [0.3, 0.4) is 0 Å². The zero-order valence-electron chi connectivity index (χ0n) is 16.4. The summed E-state index contributed by atoms with van der Waals surface area (Å²) in [4.78, 5) is 12.3. The summed E-state index contributed by atoms with van der Waals surface area (Å²) in [6.45, 7) is 1.29. The first-order chi connectivity index (χ1) is 14.3. The van der Waals surface area contributed by atoms with Gasteiger partial charge in [0.1, 0.15) is 18.2 Å². The molecule has 30 heavy (non-hydrogen) atoms. The van der Waals surface area contributed by atoms with Crippen LogP contribution in [0.1, 0.15) is 18.4 Å². The van der Waals surface area contributed by atoms with Crippen LogP contribution in [0.2, 0.25) is 5.02 Å². The number of benzene rings is 2. The molecule has 1 saturated heterocycles. The summed E-state index contributed by atoms with van der Waals surface area (Å²) in [5.41, 5.74) is 0.539.